The fourth-order valence-electron chi connectivity index (χ4n) is 1.13. The van der Waals surface area contributed by atoms with Crippen molar-refractivity contribution in [3.05, 3.63) is 0 Å². The minimum Gasteiger partial charge on any atom is -0.276 e. The Kier molecular flexibility index (Phi) is 7.53. The predicted molar refractivity (Wildman–Crippen MR) is 46.8 cm³/mol. The van der Waals surface area contributed by atoms with E-state index < -0.39 is 0 Å². The van der Waals surface area contributed by atoms with Crippen LogP contribution in [0.1, 0.15) is 38.5 Å². The molecule has 0 N–H and O–H groups in total. The molecule has 0 atom stereocenters. The Hall–Kier alpha value is -1.55. The van der Waals surface area contributed by atoms with Crippen molar-refractivity contribution in [2.75, 3.05) is 0 Å². The van der Waals surface area contributed by atoms with Crippen LogP contribution in [0.15, 0.2) is 0 Å². The highest BCUT2D eigenvalue weighted by Crippen LogP contribution is 2.15. The first kappa shape index (κ1) is 11.4. The van der Waals surface area contributed by atoms with Gasteiger partial charge in [0.1, 0.15) is 0 Å². The predicted octanol–water partition coefficient (Wildman–Crippen LogP) is 1.75. The maximum Gasteiger partial charge on any atom is 0.236 e. The average Bonchev–Trinajstić information content (AvgIpc) is 2.24. The zero-order valence-corrected chi connectivity index (χ0v) is 7.57. The fraction of sp³-hybridized carbons (Fsp3) is 0.667. The maximum absolute atomic E-state index is 9.45. The summed E-state index contributed by atoms with van der Waals surface area (Å²) in [4.78, 5) is 9.75. The summed E-state index contributed by atoms with van der Waals surface area (Å²) in [5.74, 6) is 0. The zero-order valence-electron chi connectivity index (χ0n) is 7.57. The van der Waals surface area contributed by atoms with Gasteiger partial charge in [-0.2, -0.15) is 15.4 Å². The first-order chi connectivity index (χ1) is 6.35. The molecule has 1 amide bonds. The maximum atomic E-state index is 9.45. The molecule has 0 unspecified atom stereocenters. The molecule has 1 fully saturated rings. The Labute approximate surface area is 78.4 Å². The lowest BCUT2D eigenvalue weighted by molar-refractivity contribution is -0.113. The fourth-order valence-corrected chi connectivity index (χ4v) is 1.13. The van der Waals surface area contributed by atoms with Gasteiger partial charge >= 0.3 is 0 Å². The highest BCUT2D eigenvalue weighted by molar-refractivity contribution is 5.52. The van der Waals surface area contributed by atoms with E-state index in [1.165, 1.54) is 50.9 Å². The number of rotatable bonds is 1. The monoisotopic (exact) mass is 179 g/mol. The van der Waals surface area contributed by atoms with E-state index in [9.17, 15) is 4.79 Å². The van der Waals surface area contributed by atoms with Crippen LogP contribution in [-0.2, 0) is 4.79 Å². The van der Waals surface area contributed by atoms with Gasteiger partial charge in [-0.1, -0.05) is 38.5 Å². The number of hydrogen-bond donors (Lipinski definition) is 0. The summed E-state index contributed by atoms with van der Waals surface area (Å²) >= 11 is 0. The van der Waals surface area contributed by atoms with E-state index in [1.807, 2.05) is 0 Å². The quantitative estimate of drug-likeness (QED) is 0.350. The third-order valence-electron chi connectivity index (χ3n) is 1.82. The van der Waals surface area contributed by atoms with Crippen molar-refractivity contribution in [1.29, 1.82) is 10.5 Å². The lowest BCUT2D eigenvalue weighted by Crippen LogP contribution is -2.04. The SMILES string of the molecule is C1CCCCC1.N#CN(C#N)C=O. The Balaban J connectivity index is 0.000000223. The van der Waals surface area contributed by atoms with Crippen LogP contribution in [0.25, 0.3) is 0 Å². The molecule has 4 heteroatoms. The molecule has 1 rings (SSSR count). The molecule has 0 spiro atoms. The van der Waals surface area contributed by atoms with E-state index in [4.69, 9.17) is 10.5 Å². The smallest absolute Gasteiger partial charge is 0.236 e. The molecule has 0 bridgehead atoms. The third-order valence-corrected chi connectivity index (χ3v) is 1.82. The summed E-state index contributed by atoms with van der Waals surface area (Å²) in [5, 5.41) is 15.5. The van der Waals surface area contributed by atoms with E-state index in [0.29, 0.717) is 4.90 Å². The molecule has 0 aromatic carbocycles. The molecule has 0 aromatic rings. The summed E-state index contributed by atoms with van der Waals surface area (Å²) in [7, 11) is 0. The molecule has 0 aromatic heterocycles. The van der Waals surface area contributed by atoms with Gasteiger partial charge in [0, 0.05) is 0 Å². The van der Waals surface area contributed by atoms with Gasteiger partial charge in [0.25, 0.3) is 0 Å². The summed E-state index contributed by atoms with van der Waals surface area (Å²) in [6.45, 7) is 0. The lowest BCUT2D eigenvalue weighted by atomic mass is 10.0. The Morgan fingerprint density at radius 1 is 0.923 bits per heavy atom. The van der Waals surface area contributed by atoms with Crippen LogP contribution in [0.5, 0.6) is 0 Å². The van der Waals surface area contributed by atoms with Gasteiger partial charge in [-0.3, -0.25) is 4.79 Å². The molecular formula is C9H13N3O. The highest BCUT2D eigenvalue weighted by atomic mass is 16.1. The highest BCUT2D eigenvalue weighted by Gasteiger charge is 1.95. The van der Waals surface area contributed by atoms with Gasteiger partial charge in [-0.25, -0.2) is 0 Å². The molecule has 13 heavy (non-hydrogen) atoms. The zero-order chi connectivity index (χ0) is 9.94. The Morgan fingerprint density at radius 3 is 1.31 bits per heavy atom. The van der Waals surface area contributed by atoms with Gasteiger partial charge in [0.2, 0.25) is 18.8 Å². The number of amides is 1. The molecule has 70 valence electrons. The van der Waals surface area contributed by atoms with Crippen molar-refractivity contribution in [3.63, 3.8) is 0 Å². The molecule has 1 aliphatic carbocycles. The molecule has 0 radical (unpaired) electrons. The van der Waals surface area contributed by atoms with Crippen LogP contribution in [0.2, 0.25) is 0 Å². The number of carbonyl (C=O) groups excluding carboxylic acids is 1. The van der Waals surface area contributed by atoms with Crippen LogP contribution in [0.3, 0.4) is 0 Å². The van der Waals surface area contributed by atoms with Gasteiger partial charge in [0.15, 0.2) is 0 Å². The van der Waals surface area contributed by atoms with Crippen molar-refractivity contribution in [3.8, 4) is 12.4 Å². The molecule has 0 aliphatic heterocycles. The number of carbonyl (C=O) groups is 1. The standard InChI is InChI=1S/C6H12.C3HN3O/c1-2-4-6-5-3-1;4-1-6(2-5)3-7/h1-6H2;3H. The van der Waals surface area contributed by atoms with Crippen molar-refractivity contribution >= 4 is 6.41 Å². The van der Waals surface area contributed by atoms with E-state index in [1.54, 1.807) is 0 Å². The Bertz CT molecular complexity index is 184. The lowest BCUT2D eigenvalue weighted by Gasteiger charge is -2.05. The molecule has 4 nitrogen and oxygen atoms in total. The second-order valence-corrected chi connectivity index (χ2v) is 2.80. The third kappa shape index (κ3) is 6.83. The number of hydrogen-bond acceptors (Lipinski definition) is 3. The van der Waals surface area contributed by atoms with Crippen LogP contribution in [-0.4, -0.2) is 11.3 Å². The minimum atomic E-state index is 0.139. The van der Waals surface area contributed by atoms with Gasteiger partial charge in [-0.05, 0) is 0 Å². The van der Waals surface area contributed by atoms with Crippen molar-refractivity contribution in [2.45, 2.75) is 38.5 Å². The van der Waals surface area contributed by atoms with E-state index in [2.05, 4.69) is 0 Å². The first-order valence-corrected chi connectivity index (χ1v) is 4.39. The average molecular weight is 179 g/mol. The normalized spacial score (nSPS) is 14.0. The van der Waals surface area contributed by atoms with Crippen molar-refractivity contribution in [2.24, 2.45) is 0 Å². The second kappa shape index (κ2) is 8.55. The van der Waals surface area contributed by atoms with Gasteiger partial charge in [-0.15, -0.1) is 0 Å². The van der Waals surface area contributed by atoms with Crippen molar-refractivity contribution < 1.29 is 4.79 Å². The second-order valence-electron chi connectivity index (χ2n) is 2.80. The van der Waals surface area contributed by atoms with Crippen molar-refractivity contribution in [1.82, 2.24) is 4.90 Å². The van der Waals surface area contributed by atoms with Crippen LogP contribution in [0.4, 0.5) is 0 Å². The topological polar surface area (TPSA) is 67.9 Å². The summed E-state index contributed by atoms with van der Waals surface area (Å²) in [5.41, 5.74) is 0. The largest absolute Gasteiger partial charge is 0.276 e. The molecular weight excluding hydrogens is 166 g/mol. The summed E-state index contributed by atoms with van der Waals surface area (Å²) < 4.78 is 0. The molecule has 1 saturated carbocycles. The van der Waals surface area contributed by atoms with Crippen LogP contribution >= 0.6 is 0 Å². The van der Waals surface area contributed by atoms with Crippen LogP contribution in [0, 0.1) is 22.9 Å². The Morgan fingerprint density at radius 2 is 1.23 bits per heavy atom. The van der Waals surface area contributed by atoms with E-state index >= 15 is 0 Å². The van der Waals surface area contributed by atoms with E-state index in [-0.39, 0.29) is 6.41 Å². The summed E-state index contributed by atoms with van der Waals surface area (Å²) in [6, 6.07) is 0. The molecule has 0 heterocycles. The summed E-state index contributed by atoms with van der Waals surface area (Å²) in [6.07, 6.45) is 11.8. The molecule has 0 saturated heterocycles. The van der Waals surface area contributed by atoms with Crippen LogP contribution < -0.4 is 0 Å². The van der Waals surface area contributed by atoms with Gasteiger partial charge < -0.3 is 0 Å². The first-order valence-electron chi connectivity index (χ1n) is 4.39. The van der Waals surface area contributed by atoms with E-state index in [0.717, 1.165) is 0 Å². The van der Waals surface area contributed by atoms with Gasteiger partial charge in [0.05, 0.1) is 0 Å². The minimum absolute atomic E-state index is 0.139. The molecule has 1 aliphatic rings. The number of nitriles is 2. The number of nitrogens with zero attached hydrogens (tertiary/aromatic N) is 3.